The lowest BCUT2D eigenvalue weighted by atomic mass is 9.86. The summed E-state index contributed by atoms with van der Waals surface area (Å²) in [6.07, 6.45) is -0.203. The van der Waals surface area contributed by atoms with Crippen LogP contribution in [0.25, 0.3) is 0 Å². The van der Waals surface area contributed by atoms with E-state index in [0.29, 0.717) is 5.92 Å². The van der Waals surface area contributed by atoms with Gasteiger partial charge < -0.3 is 10.6 Å². The number of hydrogen-bond donors (Lipinski definition) is 2. The maximum atomic E-state index is 12.6. The molecule has 2 N–H and O–H groups in total. The Labute approximate surface area is 121 Å². The topological polar surface area (TPSA) is 41.1 Å². The van der Waals surface area contributed by atoms with Crippen molar-refractivity contribution >= 4 is 11.7 Å². The lowest BCUT2D eigenvalue weighted by Gasteiger charge is -2.29. The zero-order chi connectivity index (χ0) is 15.5. The summed E-state index contributed by atoms with van der Waals surface area (Å²) < 4.78 is 37.8. The molecule has 0 heterocycles. The molecule has 2 amide bonds. The molecule has 1 fully saturated rings. The van der Waals surface area contributed by atoms with Crippen LogP contribution in [0.4, 0.5) is 23.7 Å². The van der Waals surface area contributed by atoms with Crippen molar-refractivity contribution in [3.63, 3.8) is 0 Å². The molecule has 0 aliphatic heterocycles. The van der Waals surface area contributed by atoms with Crippen LogP contribution in [0.15, 0.2) is 24.3 Å². The highest BCUT2D eigenvalue weighted by molar-refractivity contribution is 5.89. The zero-order valence-electron chi connectivity index (χ0n) is 11.8. The van der Waals surface area contributed by atoms with Crippen molar-refractivity contribution in [2.45, 2.75) is 44.8 Å². The molecule has 3 nitrogen and oxygen atoms in total. The van der Waals surface area contributed by atoms with Crippen molar-refractivity contribution in [1.29, 1.82) is 0 Å². The molecule has 21 heavy (non-hydrogen) atoms. The molecule has 116 valence electrons. The molecule has 0 aromatic heterocycles. The van der Waals surface area contributed by atoms with Crippen LogP contribution in [0.1, 0.15) is 38.2 Å². The van der Waals surface area contributed by atoms with Crippen LogP contribution in [-0.4, -0.2) is 12.1 Å². The number of halogens is 3. The molecule has 2 unspecified atom stereocenters. The second-order valence-corrected chi connectivity index (χ2v) is 5.55. The number of alkyl halides is 3. The second kappa shape index (κ2) is 6.37. The van der Waals surface area contributed by atoms with Gasteiger partial charge in [0.1, 0.15) is 0 Å². The van der Waals surface area contributed by atoms with Crippen LogP contribution in [0.5, 0.6) is 0 Å². The van der Waals surface area contributed by atoms with Crippen molar-refractivity contribution in [2.75, 3.05) is 5.32 Å². The van der Waals surface area contributed by atoms with E-state index in [1.165, 1.54) is 12.1 Å². The number of hydrogen-bond acceptors (Lipinski definition) is 1. The zero-order valence-corrected chi connectivity index (χ0v) is 11.8. The molecule has 1 saturated carbocycles. The number of carbonyl (C=O) groups is 1. The van der Waals surface area contributed by atoms with Gasteiger partial charge in [-0.2, -0.15) is 13.2 Å². The quantitative estimate of drug-likeness (QED) is 0.834. The summed E-state index contributed by atoms with van der Waals surface area (Å²) in [7, 11) is 0. The molecule has 1 aliphatic rings. The van der Waals surface area contributed by atoms with E-state index in [-0.39, 0.29) is 11.7 Å². The van der Waals surface area contributed by atoms with Gasteiger partial charge in [-0.25, -0.2) is 4.79 Å². The third kappa shape index (κ3) is 4.37. The van der Waals surface area contributed by atoms with Crippen molar-refractivity contribution in [3.05, 3.63) is 29.8 Å². The molecule has 0 bridgehead atoms. The maximum absolute atomic E-state index is 12.6. The predicted molar refractivity (Wildman–Crippen MR) is 75.0 cm³/mol. The fraction of sp³-hybridized carbons (Fsp3) is 0.533. The average molecular weight is 300 g/mol. The molecular formula is C15H19F3N2O. The Morgan fingerprint density at radius 3 is 2.62 bits per heavy atom. The number of benzene rings is 1. The Hall–Kier alpha value is -1.72. The van der Waals surface area contributed by atoms with Crippen LogP contribution >= 0.6 is 0 Å². The molecule has 1 aliphatic carbocycles. The Morgan fingerprint density at radius 1 is 1.24 bits per heavy atom. The van der Waals surface area contributed by atoms with E-state index < -0.39 is 17.8 Å². The van der Waals surface area contributed by atoms with Gasteiger partial charge in [0.15, 0.2) is 0 Å². The standard InChI is InChI=1S/C15H19F3N2O/c1-10-5-2-3-8-13(10)20-14(21)19-12-7-4-6-11(9-12)15(16,17)18/h4,6-7,9-10,13H,2-3,5,8H2,1H3,(H2,19,20,21). The fourth-order valence-corrected chi connectivity index (χ4v) is 2.64. The molecule has 2 rings (SSSR count). The van der Waals surface area contributed by atoms with Gasteiger partial charge in [-0.05, 0) is 37.0 Å². The summed E-state index contributed by atoms with van der Waals surface area (Å²) in [5.41, 5.74) is -0.628. The Bertz CT molecular complexity index is 502. The number of carbonyl (C=O) groups excluding carboxylic acids is 1. The molecule has 2 atom stereocenters. The van der Waals surface area contributed by atoms with Gasteiger partial charge in [0.2, 0.25) is 0 Å². The minimum atomic E-state index is -4.41. The van der Waals surface area contributed by atoms with Crippen LogP contribution < -0.4 is 10.6 Å². The molecule has 6 heteroatoms. The van der Waals surface area contributed by atoms with Crippen molar-refractivity contribution < 1.29 is 18.0 Å². The van der Waals surface area contributed by atoms with Crippen molar-refractivity contribution in [1.82, 2.24) is 5.32 Å². The minimum absolute atomic E-state index is 0.0875. The Morgan fingerprint density at radius 2 is 1.95 bits per heavy atom. The molecule has 1 aromatic carbocycles. The summed E-state index contributed by atoms with van der Waals surface area (Å²) in [6.45, 7) is 2.08. The van der Waals surface area contributed by atoms with E-state index in [2.05, 4.69) is 17.6 Å². The van der Waals surface area contributed by atoms with Gasteiger partial charge in [0, 0.05) is 11.7 Å². The van der Waals surface area contributed by atoms with Gasteiger partial charge in [0.25, 0.3) is 0 Å². The number of nitrogens with one attached hydrogen (secondary N) is 2. The third-order valence-corrected chi connectivity index (χ3v) is 3.88. The number of anilines is 1. The van der Waals surface area contributed by atoms with Gasteiger partial charge in [0.05, 0.1) is 5.56 Å². The monoisotopic (exact) mass is 300 g/mol. The summed E-state index contributed by atoms with van der Waals surface area (Å²) in [5, 5.41) is 5.32. The van der Waals surface area contributed by atoms with E-state index in [4.69, 9.17) is 0 Å². The van der Waals surface area contributed by atoms with Crippen molar-refractivity contribution in [2.24, 2.45) is 5.92 Å². The largest absolute Gasteiger partial charge is 0.416 e. The van der Waals surface area contributed by atoms with Crippen LogP contribution in [0.3, 0.4) is 0 Å². The summed E-state index contributed by atoms with van der Waals surface area (Å²) >= 11 is 0. The fourth-order valence-electron chi connectivity index (χ4n) is 2.64. The first-order valence-corrected chi connectivity index (χ1v) is 7.11. The summed E-state index contributed by atoms with van der Waals surface area (Å²) in [5.74, 6) is 0.394. The maximum Gasteiger partial charge on any atom is 0.416 e. The Kier molecular flexibility index (Phi) is 4.75. The number of amides is 2. The van der Waals surface area contributed by atoms with E-state index >= 15 is 0 Å². The molecule has 0 saturated heterocycles. The second-order valence-electron chi connectivity index (χ2n) is 5.55. The summed E-state index contributed by atoms with van der Waals surface area (Å²) in [4.78, 5) is 11.9. The van der Waals surface area contributed by atoms with E-state index in [0.717, 1.165) is 37.8 Å². The van der Waals surface area contributed by atoms with Crippen molar-refractivity contribution in [3.8, 4) is 0 Å². The van der Waals surface area contributed by atoms with Crippen LogP contribution in [-0.2, 0) is 6.18 Å². The van der Waals surface area contributed by atoms with Gasteiger partial charge >= 0.3 is 12.2 Å². The predicted octanol–water partition coefficient (Wildman–Crippen LogP) is 4.41. The molecule has 0 radical (unpaired) electrons. The number of rotatable bonds is 2. The van der Waals surface area contributed by atoms with Gasteiger partial charge in [-0.3, -0.25) is 0 Å². The molecule has 0 spiro atoms. The smallest absolute Gasteiger partial charge is 0.335 e. The van der Waals surface area contributed by atoms with Gasteiger partial charge in [-0.1, -0.05) is 25.8 Å². The highest BCUT2D eigenvalue weighted by Crippen LogP contribution is 2.30. The highest BCUT2D eigenvalue weighted by atomic mass is 19.4. The Balaban J connectivity index is 1.96. The van der Waals surface area contributed by atoms with Crippen LogP contribution in [0, 0.1) is 5.92 Å². The first-order chi connectivity index (χ1) is 9.86. The minimum Gasteiger partial charge on any atom is -0.335 e. The first-order valence-electron chi connectivity index (χ1n) is 7.11. The van der Waals surface area contributed by atoms with E-state index in [1.807, 2.05) is 0 Å². The molecule has 1 aromatic rings. The lowest BCUT2D eigenvalue weighted by Crippen LogP contribution is -2.43. The first kappa shape index (κ1) is 15.7. The summed E-state index contributed by atoms with van der Waals surface area (Å²) in [6, 6.07) is 4.27. The average Bonchev–Trinajstić information content (AvgIpc) is 2.41. The molecular weight excluding hydrogens is 281 g/mol. The number of urea groups is 1. The van der Waals surface area contributed by atoms with Gasteiger partial charge in [-0.15, -0.1) is 0 Å². The van der Waals surface area contributed by atoms with Crippen LogP contribution in [0.2, 0.25) is 0 Å². The lowest BCUT2D eigenvalue weighted by molar-refractivity contribution is -0.137. The highest BCUT2D eigenvalue weighted by Gasteiger charge is 2.30. The SMILES string of the molecule is CC1CCCCC1NC(=O)Nc1cccc(C(F)(F)F)c1. The van der Waals surface area contributed by atoms with E-state index in [9.17, 15) is 18.0 Å². The third-order valence-electron chi connectivity index (χ3n) is 3.88. The normalized spacial score (nSPS) is 22.7. The van der Waals surface area contributed by atoms with E-state index in [1.54, 1.807) is 0 Å².